The first kappa shape index (κ1) is 41.0. The summed E-state index contributed by atoms with van der Waals surface area (Å²) in [6, 6.07) is 14.6. The molecule has 0 saturated heterocycles. The molecular formula is C38H53ClN8O6. The molecule has 0 unspecified atom stereocenters. The summed E-state index contributed by atoms with van der Waals surface area (Å²) in [4.78, 5) is 16.1. The number of ether oxygens (including phenoxy) is 6. The summed E-state index contributed by atoms with van der Waals surface area (Å²) in [7, 11) is 6.84. The lowest BCUT2D eigenvalue weighted by molar-refractivity contribution is 0.0377. The summed E-state index contributed by atoms with van der Waals surface area (Å²) in [6.07, 6.45) is 13.9. The van der Waals surface area contributed by atoms with Crippen LogP contribution in [0.25, 0.3) is 0 Å². The standard InChI is InChI=1S/C19H26N4O3.C14H21NO3.C5H6ClN3/c1-20-18-9-10-21-19(23-18)22-14-7-8-16(24-2)17(13-14)26-12-11-25-15-5-3-4-6-15;1-16-13-7-6-11(15)10-14(13)18-9-8-17-12-4-2-3-5-12;1-7-4-2-3-8-5(6)9-4/h7-10,13,15H,3-6,11-12H2,1-2H3,(H2,20,21,22,23);6-7,10,12H,2-5,8-9,15H2,1H3;2-3H,1H3,(H,7,8,9). The number of halogens is 1. The summed E-state index contributed by atoms with van der Waals surface area (Å²) in [5, 5.41) is 9.26. The lowest BCUT2D eigenvalue weighted by Gasteiger charge is -2.15. The van der Waals surface area contributed by atoms with E-state index in [1.54, 1.807) is 57.9 Å². The van der Waals surface area contributed by atoms with Gasteiger partial charge in [-0.25, -0.2) is 15.0 Å². The quantitative estimate of drug-likeness (QED) is 0.0507. The van der Waals surface area contributed by atoms with E-state index in [2.05, 4.69) is 35.9 Å². The second-order valence-corrected chi connectivity index (χ2v) is 12.5. The molecule has 14 nitrogen and oxygen atoms in total. The van der Waals surface area contributed by atoms with Crippen LogP contribution in [0, 0.1) is 0 Å². The fourth-order valence-electron chi connectivity index (χ4n) is 5.68. The van der Waals surface area contributed by atoms with Crippen molar-refractivity contribution < 1.29 is 28.4 Å². The van der Waals surface area contributed by atoms with Crippen molar-refractivity contribution in [2.24, 2.45) is 0 Å². The number of aromatic nitrogens is 4. The molecule has 15 heteroatoms. The predicted molar refractivity (Wildman–Crippen MR) is 209 cm³/mol. The molecular weight excluding hydrogens is 700 g/mol. The summed E-state index contributed by atoms with van der Waals surface area (Å²) >= 11 is 5.46. The minimum absolute atomic E-state index is 0.266. The highest BCUT2D eigenvalue weighted by molar-refractivity contribution is 6.28. The Labute approximate surface area is 317 Å². The van der Waals surface area contributed by atoms with Crippen LogP contribution in [0.3, 0.4) is 0 Å². The monoisotopic (exact) mass is 752 g/mol. The van der Waals surface area contributed by atoms with Gasteiger partial charge in [0.05, 0.1) is 39.6 Å². The van der Waals surface area contributed by atoms with E-state index >= 15 is 0 Å². The van der Waals surface area contributed by atoms with E-state index in [-0.39, 0.29) is 5.28 Å². The Hall–Kier alpha value is -4.79. The molecule has 2 aliphatic carbocycles. The van der Waals surface area contributed by atoms with Crippen LogP contribution in [-0.2, 0) is 9.47 Å². The van der Waals surface area contributed by atoms with E-state index in [0.29, 0.717) is 73.3 Å². The molecule has 0 spiro atoms. The largest absolute Gasteiger partial charge is 0.493 e. The zero-order valence-electron chi connectivity index (χ0n) is 31.1. The number of nitrogens with two attached hydrogens (primary N) is 1. The molecule has 4 aromatic rings. The molecule has 0 aliphatic heterocycles. The van der Waals surface area contributed by atoms with Crippen LogP contribution in [0.2, 0.25) is 5.28 Å². The Balaban J connectivity index is 0.000000200. The lowest BCUT2D eigenvalue weighted by Crippen LogP contribution is -2.14. The van der Waals surface area contributed by atoms with E-state index in [9.17, 15) is 0 Å². The Morgan fingerprint density at radius 2 is 1.19 bits per heavy atom. The molecule has 0 radical (unpaired) electrons. The van der Waals surface area contributed by atoms with Crippen molar-refractivity contribution in [2.75, 3.05) is 76.4 Å². The van der Waals surface area contributed by atoms with E-state index < -0.39 is 0 Å². The fourth-order valence-corrected chi connectivity index (χ4v) is 5.82. The number of nitrogen functional groups attached to an aromatic ring is 1. The molecule has 2 saturated carbocycles. The van der Waals surface area contributed by atoms with Gasteiger partial charge in [-0.2, -0.15) is 4.98 Å². The number of benzene rings is 2. The minimum atomic E-state index is 0.266. The summed E-state index contributed by atoms with van der Waals surface area (Å²) in [6.45, 7) is 2.21. The van der Waals surface area contributed by atoms with Gasteiger partial charge in [0.2, 0.25) is 11.2 Å². The number of hydrogen-bond acceptors (Lipinski definition) is 14. The highest BCUT2D eigenvalue weighted by Crippen LogP contribution is 2.32. The van der Waals surface area contributed by atoms with Crippen molar-refractivity contribution in [2.45, 2.75) is 63.6 Å². The van der Waals surface area contributed by atoms with Gasteiger partial charge in [-0.05, 0) is 73.7 Å². The fraction of sp³-hybridized carbons (Fsp3) is 0.474. The first-order valence-electron chi connectivity index (χ1n) is 17.9. The lowest BCUT2D eigenvalue weighted by atomic mass is 10.2. The van der Waals surface area contributed by atoms with Gasteiger partial charge in [0.15, 0.2) is 23.0 Å². The van der Waals surface area contributed by atoms with Gasteiger partial charge in [0, 0.05) is 50.0 Å². The SMILES string of the molecule is CNc1ccnc(Cl)n1.CNc1ccnc(Nc2ccc(OC)c(OCCOC3CCCC3)c2)n1.COc1ccc(N)cc1OCCOC1CCCC1. The zero-order chi connectivity index (χ0) is 37.7. The van der Waals surface area contributed by atoms with Crippen molar-refractivity contribution in [3.05, 3.63) is 66.2 Å². The second-order valence-electron chi connectivity index (χ2n) is 12.1. The van der Waals surface area contributed by atoms with Crippen molar-refractivity contribution in [1.82, 2.24) is 19.9 Å². The first-order valence-corrected chi connectivity index (χ1v) is 18.3. The van der Waals surface area contributed by atoms with E-state index in [4.69, 9.17) is 45.8 Å². The van der Waals surface area contributed by atoms with Gasteiger partial charge in [-0.1, -0.05) is 25.7 Å². The molecule has 6 rings (SSSR count). The van der Waals surface area contributed by atoms with Gasteiger partial charge < -0.3 is 50.1 Å². The molecule has 0 atom stereocenters. The smallest absolute Gasteiger partial charge is 0.229 e. The number of nitrogens with zero attached hydrogens (tertiary/aromatic N) is 4. The van der Waals surface area contributed by atoms with Crippen LogP contribution in [0.15, 0.2) is 60.9 Å². The molecule has 2 aromatic heterocycles. The molecule has 2 fully saturated rings. The normalized spacial score (nSPS) is 13.9. The Morgan fingerprint density at radius 3 is 1.72 bits per heavy atom. The molecule has 53 heavy (non-hydrogen) atoms. The number of rotatable bonds is 16. The van der Waals surface area contributed by atoms with Crippen molar-refractivity contribution >= 4 is 40.6 Å². The first-order chi connectivity index (χ1) is 25.9. The number of anilines is 5. The van der Waals surface area contributed by atoms with Crippen LogP contribution in [0.1, 0.15) is 51.4 Å². The summed E-state index contributed by atoms with van der Waals surface area (Å²) in [5.74, 6) is 4.71. The number of hydrogen-bond donors (Lipinski definition) is 4. The third-order valence-corrected chi connectivity index (χ3v) is 8.58. The molecule has 5 N–H and O–H groups in total. The van der Waals surface area contributed by atoms with Gasteiger partial charge in [0.25, 0.3) is 0 Å². The molecule has 0 bridgehead atoms. The maximum absolute atomic E-state index is 5.87. The topological polar surface area (TPSA) is 169 Å². The van der Waals surface area contributed by atoms with E-state index in [1.807, 2.05) is 31.3 Å². The number of methoxy groups -OCH3 is 2. The van der Waals surface area contributed by atoms with Crippen LogP contribution in [0.5, 0.6) is 23.0 Å². The van der Waals surface area contributed by atoms with E-state index in [0.717, 1.165) is 30.2 Å². The van der Waals surface area contributed by atoms with Crippen molar-refractivity contribution in [1.29, 1.82) is 0 Å². The molecule has 2 heterocycles. The predicted octanol–water partition coefficient (Wildman–Crippen LogP) is 7.40. The van der Waals surface area contributed by atoms with Gasteiger partial charge in [0.1, 0.15) is 24.8 Å². The highest BCUT2D eigenvalue weighted by Gasteiger charge is 2.16. The average molecular weight is 753 g/mol. The van der Waals surface area contributed by atoms with E-state index in [1.165, 1.54) is 38.5 Å². The van der Waals surface area contributed by atoms with Crippen LogP contribution in [0.4, 0.5) is 29.0 Å². The van der Waals surface area contributed by atoms with Gasteiger partial charge in [-0.15, -0.1) is 0 Å². The maximum Gasteiger partial charge on any atom is 0.229 e. The highest BCUT2D eigenvalue weighted by atomic mass is 35.5. The Bertz CT molecular complexity index is 1640. The van der Waals surface area contributed by atoms with Gasteiger partial charge in [-0.3, -0.25) is 0 Å². The second kappa shape index (κ2) is 23.0. The third kappa shape index (κ3) is 14.6. The van der Waals surface area contributed by atoms with Crippen molar-refractivity contribution in [3.8, 4) is 23.0 Å². The van der Waals surface area contributed by atoms with Gasteiger partial charge >= 0.3 is 0 Å². The minimum Gasteiger partial charge on any atom is -0.493 e. The Morgan fingerprint density at radius 1 is 0.660 bits per heavy atom. The molecule has 288 valence electrons. The molecule has 2 aliphatic rings. The third-order valence-electron chi connectivity index (χ3n) is 8.39. The number of nitrogens with one attached hydrogen (secondary N) is 3. The molecule has 0 amide bonds. The van der Waals surface area contributed by atoms with Crippen LogP contribution in [-0.4, -0.2) is 86.9 Å². The summed E-state index contributed by atoms with van der Waals surface area (Å²) < 4.78 is 33.7. The Kier molecular flexibility index (Phi) is 17.8. The van der Waals surface area contributed by atoms with Crippen LogP contribution < -0.4 is 40.6 Å². The summed E-state index contributed by atoms with van der Waals surface area (Å²) in [5.41, 5.74) is 7.21. The molecule has 2 aromatic carbocycles. The van der Waals surface area contributed by atoms with Crippen molar-refractivity contribution in [3.63, 3.8) is 0 Å². The maximum atomic E-state index is 5.87. The van der Waals surface area contributed by atoms with Crippen LogP contribution >= 0.6 is 11.6 Å². The zero-order valence-corrected chi connectivity index (χ0v) is 31.9. The average Bonchev–Trinajstić information content (AvgIpc) is 3.91.